The summed E-state index contributed by atoms with van der Waals surface area (Å²) in [6.45, 7) is 0.540. The smallest absolute Gasteiger partial charge is 0.161 e. The number of allylic oxidation sites excluding steroid dienone is 1. The van der Waals surface area contributed by atoms with Gasteiger partial charge in [-0.25, -0.2) is 14.4 Å². The van der Waals surface area contributed by atoms with E-state index in [1.165, 1.54) is 6.07 Å². The fourth-order valence-corrected chi connectivity index (χ4v) is 3.16. The molecule has 0 radical (unpaired) electrons. The zero-order valence-electron chi connectivity index (χ0n) is 14.5. The lowest BCUT2D eigenvalue weighted by molar-refractivity contribution is 0.354. The van der Waals surface area contributed by atoms with Crippen LogP contribution in [-0.2, 0) is 0 Å². The SMILES string of the molecule is COc1ccc(C2=CC=NC3=CCN(c4ccccc4F)N32)cc1OC. The number of nitrogens with zero attached hydrogens (tertiary/aromatic N) is 3. The molecule has 0 saturated carbocycles. The third-order valence-electron chi connectivity index (χ3n) is 4.38. The molecule has 132 valence electrons. The number of rotatable bonds is 4. The molecule has 0 atom stereocenters. The van der Waals surface area contributed by atoms with Crippen molar-refractivity contribution in [3.63, 3.8) is 0 Å². The molecule has 5 nitrogen and oxygen atoms in total. The molecule has 0 bridgehead atoms. The van der Waals surface area contributed by atoms with Gasteiger partial charge in [-0.05, 0) is 42.5 Å². The molecule has 2 aliphatic rings. The van der Waals surface area contributed by atoms with Gasteiger partial charge in [0.05, 0.1) is 32.1 Å². The van der Waals surface area contributed by atoms with Crippen LogP contribution in [0.4, 0.5) is 10.1 Å². The van der Waals surface area contributed by atoms with Crippen LogP contribution in [0.5, 0.6) is 11.5 Å². The zero-order chi connectivity index (χ0) is 18.1. The Morgan fingerprint density at radius 3 is 2.62 bits per heavy atom. The summed E-state index contributed by atoms with van der Waals surface area (Å²) in [5.41, 5.74) is 2.30. The molecule has 2 aromatic carbocycles. The van der Waals surface area contributed by atoms with Crippen LogP contribution < -0.4 is 14.5 Å². The maximum Gasteiger partial charge on any atom is 0.161 e. The fourth-order valence-electron chi connectivity index (χ4n) is 3.16. The fraction of sp³-hybridized carbons (Fsp3) is 0.150. The maximum atomic E-state index is 14.4. The molecule has 4 rings (SSSR count). The number of para-hydroxylation sites is 1. The molecule has 2 heterocycles. The van der Waals surface area contributed by atoms with Gasteiger partial charge in [-0.1, -0.05) is 12.1 Å². The van der Waals surface area contributed by atoms with Crippen LogP contribution in [-0.4, -0.2) is 32.0 Å². The van der Waals surface area contributed by atoms with Crippen molar-refractivity contribution in [3.8, 4) is 11.5 Å². The van der Waals surface area contributed by atoms with E-state index in [-0.39, 0.29) is 5.82 Å². The Labute approximate surface area is 151 Å². The van der Waals surface area contributed by atoms with E-state index in [0.717, 1.165) is 17.1 Å². The van der Waals surface area contributed by atoms with Crippen LogP contribution in [0.1, 0.15) is 5.56 Å². The van der Waals surface area contributed by atoms with Gasteiger partial charge in [-0.3, -0.25) is 5.01 Å². The van der Waals surface area contributed by atoms with Crippen LogP contribution in [0.25, 0.3) is 5.70 Å². The number of aliphatic imine (C=N–C) groups is 1. The minimum atomic E-state index is -0.275. The summed E-state index contributed by atoms with van der Waals surface area (Å²) in [6, 6.07) is 12.4. The first-order valence-corrected chi connectivity index (χ1v) is 8.22. The highest BCUT2D eigenvalue weighted by Crippen LogP contribution is 2.38. The summed E-state index contributed by atoms with van der Waals surface area (Å²) in [5, 5.41) is 3.78. The van der Waals surface area contributed by atoms with Gasteiger partial charge in [0.15, 0.2) is 11.5 Å². The Bertz CT molecular complexity index is 936. The predicted molar refractivity (Wildman–Crippen MR) is 99.7 cm³/mol. The molecule has 0 aliphatic carbocycles. The lowest BCUT2D eigenvalue weighted by Crippen LogP contribution is -2.37. The predicted octanol–water partition coefficient (Wildman–Crippen LogP) is 3.85. The average Bonchev–Trinajstić information content (AvgIpc) is 3.12. The molecule has 2 aliphatic heterocycles. The molecule has 0 amide bonds. The monoisotopic (exact) mass is 351 g/mol. The molecule has 2 aromatic rings. The Morgan fingerprint density at radius 2 is 1.85 bits per heavy atom. The van der Waals surface area contributed by atoms with Gasteiger partial charge in [0, 0.05) is 11.8 Å². The van der Waals surface area contributed by atoms with Gasteiger partial charge < -0.3 is 9.47 Å². The average molecular weight is 351 g/mol. The van der Waals surface area contributed by atoms with Crippen molar-refractivity contribution < 1.29 is 13.9 Å². The lowest BCUT2D eigenvalue weighted by atomic mass is 10.1. The van der Waals surface area contributed by atoms with Crippen LogP contribution >= 0.6 is 0 Å². The van der Waals surface area contributed by atoms with E-state index in [0.29, 0.717) is 23.7 Å². The van der Waals surface area contributed by atoms with E-state index < -0.39 is 0 Å². The van der Waals surface area contributed by atoms with Gasteiger partial charge in [0.2, 0.25) is 0 Å². The molecule has 0 saturated heterocycles. The number of halogens is 1. The standard InChI is InChI=1S/C20H18FN3O2/c1-25-18-8-7-14(13-19(18)26-2)16-9-11-22-20-10-12-23(24(16)20)17-6-4-3-5-15(17)21/h3-11,13H,12H2,1-2H3. The van der Waals surface area contributed by atoms with E-state index in [1.807, 2.05) is 46.4 Å². The third kappa shape index (κ3) is 2.60. The first-order valence-electron chi connectivity index (χ1n) is 8.22. The van der Waals surface area contributed by atoms with Crippen LogP contribution in [0.3, 0.4) is 0 Å². The minimum Gasteiger partial charge on any atom is -0.493 e. The van der Waals surface area contributed by atoms with Gasteiger partial charge in [-0.2, -0.15) is 0 Å². The molecule has 0 N–H and O–H groups in total. The second-order valence-electron chi connectivity index (χ2n) is 5.81. The van der Waals surface area contributed by atoms with Crippen molar-refractivity contribution in [1.82, 2.24) is 5.01 Å². The Morgan fingerprint density at radius 1 is 1.04 bits per heavy atom. The van der Waals surface area contributed by atoms with Gasteiger partial charge in [0.1, 0.15) is 11.6 Å². The van der Waals surface area contributed by atoms with Crippen molar-refractivity contribution in [2.24, 2.45) is 4.99 Å². The van der Waals surface area contributed by atoms with Crippen molar-refractivity contribution in [2.75, 3.05) is 25.8 Å². The zero-order valence-corrected chi connectivity index (χ0v) is 14.5. The summed E-state index contributed by atoms with van der Waals surface area (Å²) in [7, 11) is 3.20. The Kier molecular flexibility index (Phi) is 4.08. The summed E-state index contributed by atoms with van der Waals surface area (Å²) in [6.07, 6.45) is 5.62. The van der Waals surface area contributed by atoms with Crippen molar-refractivity contribution >= 4 is 17.6 Å². The molecule has 6 heteroatoms. The first kappa shape index (κ1) is 16.2. The summed E-state index contributed by atoms with van der Waals surface area (Å²) < 4.78 is 25.1. The first-order chi connectivity index (χ1) is 12.7. The number of benzene rings is 2. The van der Waals surface area contributed by atoms with Gasteiger partial charge in [0.25, 0.3) is 0 Å². The normalized spacial score (nSPS) is 15.5. The second-order valence-corrected chi connectivity index (χ2v) is 5.81. The largest absolute Gasteiger partial charge is 0.493 e. The summed E-state index contributed by atoms with van der Waals surface area (Å²) in [4.78, 5) is 4.41. The lowest BCUT2D eigenvalue weighted by Gasteiger charge is -2.35. The third-order valence-corrected chi connectivity index (χ3v) is 4.38. The Hall–Kier alpha value is -3.28. The Balaban J connectivity index is 1.77. The number of hydrogen-bond donors (Lipinski definition) is 0. The number of hydrogen-bond acceptors (Lipinski definition) is 5. The van der Waals surface area contributed by atoms with Crippen LogP contribution in [0, 0.1) is 5.82 Å². The van der Waals surface area contributed by atoms with Crippen molar-refractivity contribution in [1.29, 1.82) is 0 Å². The topological polar surface area (TPSA) is 37.3 Å². The molecule has 0 aromatic heterocycles. The minimum absolute atomic E-state index is 0.275. The highest BCUT2D eigenvalue weighted by atomic mass is 19.1. The number of fused-ring (bicyclic) bond motifs is 1. The number of ether oxygens (including phenoxy) is 2. The molecule has 0 unspecified atom stereocenters. The quantitative estimate of drug-likeness (QED) is 0.839. The van der Waals surface area contributed by atoms with E-state index in [9.17, 15) is 4.39 Å². The van der Waals surface area contributed by atoms with E-state index in [2.05, 4.69) is 4.99 Å². The molecular weight excluding hydrogens is 333 g/mol. The molecule has 0 fully saturated rings. The van der Waals surface area contributed by atoms with Crippen LogP contribution in [0.2, 0.25) is 0 Å². The maximum absolute atomic E-state index is 14.4. The molecule has 26 heavy (non-hydrogen) atoms. The molecular formula is C20H18FN3O2. The van der Waals surface area contributed by atoms with Crippen molar-refractivity contribution in [3.05, 3.63) is 71.8 Å². The second kappa shape index (κ2) is 6.55. The number of anilines is 1. The van der Waals surface area contributed by atoms with E-state index >= 15 is 0 Å². The van der Waals surface area contributed by atoms with Gasteiger partial charge in [-0.15, -0.1) is 0 Å². The van der Waals surface area contributed by atoms with E-state index in [1.54, 1.807) is 32.6 Å². The number of hydrazine groups is 1. The van der Waals surface area contributed by atoms with Crippen LogP contribution in [0.15, 0.2) is 65.4 Å². The van der Waals surface area contributed by atoms with Crippen molar-refractivity contribution in [2.45, 2.75) is 0 Å². The summed E-state index contributed by atoms with van der Waals surface area (Å²) >= 11 is 0. The highest BCUT2D eigenvalue weighted by molar-refractivity contribution is 5.88. The summed E-state index contributed by atoms with van der Waals surface area (Å²) in [5.74, 6) is 1.78. The van der Waals surface area contributed by atoms with Gasteiger partial charge >= 0.3 is 0 Å². The van der Waals surface area contributed by atoms with E-state index in [4.69, 9.17) is 9.47 Å². The highest BCUT2D eigenvalue weighted by Gasteiger charge is 2.31. The number of methoxy groups -OCH3 is 2. The molecule has 0 spiro atoms.